The van der Waals surface area contributed by atoms with Crippen molar-refractivity contribution in [2.45, 2.75) is 24.7 Å². The van der Waals surface area contributed by atoms with Crippen LogP contribution in [0.2, 0.25) is 5.02 Å². The second-order valence-electron chi connectivity index (χ2n) is 3.36. The molecule has 0 saturated heterocycles. The Labute approximate surface area is 102 Å². The molecule has 1 aromatic carbocycles. The Balaban J connectivity index is 2.07. The molecule has 0 amide bonds. The number of thioether (sulfide) groups is 1. The molecule has 0 aromatic heterocycles. The van der Waals surface area contributed by atoms with E-state index in [0.29, 0.717) is 0 Å². The van der Waals surface area contributed by atoms with Crippen LogP contribution in [0, 0.1) is 0 Å². The van der Waals surface area contributed by atoms with E-state index in [4.69, 9.17) is 11.6 Å². The van der Waals surface area contributed by atoms with Crippen molar-refractivity contribution in [2.75, 3.05) is 18.8 Å². The van der Waals surface area contributed by atoms with Crippen molar-refractivity contribution >= 4 is 23.4 Å². The molecule has 0 radical (unpaired) electrons. The van der Waals surface area contributed by atoms with Crippen LogP contribution < -0.4 is 5.32 Å². The van der Waals surface area contributed by atoms with Crippen molar-refractivity contribution in [1.29, 1.82) is 0 Å². The molecule has 1 rings (SSSR count). The van der Waals surface area contributed by atoms with Crippen molar-refractivity contribution < 1.29 is 0 Å². The standard InChI is InChI=1S/C12H18ClNS/c1-2-14-9-3-4-10-15-12-7-5-11(13)6-8-12/h5-8,14H,2-4,9-10H2,1H3. The zero-order chi connectivity index (χ0) is 10.9. The largest absolute Gasteiger partial charge is 0.317 e. The van der Waals surface area contributed by atoms with Gasteiger partial charge in [-0.25, -0.2) is 0 Å². The molecule has 0 spiro atoms. The Kier molecular flexibility index (Phi) is 6.90. The predicted octanol–water partition coefficient (Wildman–Crippen LogP) is 3.82. The predicted molar refractivity (Wildman–Crippen MR) is 70.0 cm³/mol. The Morgan fingerprint density at radius 2 is 1.93 bits per heavy atom. The fourth-order valence-corrected chi connectivity index (χ4v) is 2.29. The van der Waals surface area contributed by atoms with Gasteiger partial charge in [0.25, 0.3) is 0 Å². The smallest absolute Gasteiger partial charge is 0.0406 e. The van der Waals surface area contributed by atoms with Gasteiger partial charge in [0, 0.05) is 9.92 Å². The van der Waals surface area contributed by atoms with E-state index in [0.717, 1.165) is 18.1 Å². The van der Waals surface area contributed by atoms with Crippen molar-refractivity contribution in [2.24, 2.45) is 0 Å². The minimum absolute atomic E-state index is 0.812. The maximum absolute atomic E-state index is 5.81. The third-order valence-electron chi connectivity index (χ3n) is 2.08. The maximum Gasteiger partial charge on any atom is 0.0406 e. The first-order valence-electron chi connectivity index (χ1n) is 5.42. The topological polar surface area (TPSA) is 12.0 Å². The number of nitrogens with one attached hydrogen (secondary N) is 1. The minimum atomic E-state index is 0.812. The summed E-state index contributed by atoms with van der Waals surface area (Å²) in [6.45, 7) is 4.35. The van der Waals surface area contributed by atoms with Gasteiger partial charge in [-0.1, -0.05) is 18.5 Å². The first-order valence-corrected chi connectivity index (χ1v) is 6.78. The number of rotatable bonds is 7. The minimum Gasteiger partial charge on any atom is -0.317 e. The van der Waals surface area contributed by atoms with E-state index in [1.165, 1.54) is 23.5 Å². The van der Waals surface area contributed by atoms with E-state index >= 15 is 0 Å². The van der Waals surface area contributed by atoms with Crippen molar-refractivity contribution in [3.63, 3.8) is 0 Å². The zero-order valence-electron chi connectivity index (χ0n) is 9.13. The average Bonchev–Trinajstić information content (AvgIpc) is 2.26. The number of benzene rings is 1. The SMILES string of the molecule is CCNCCCCSc1ccc(Cl)cc1. The molecule has 0 unspecified atom stereocenters. The summed E-state index contributed by atoms with van der Waals surface area (Å²) in [7, 11) is 0. The highest BCUT2D eigenvalue weighted by Gasteiger charge is 1.94. The molecule has 1 N–H and O–H groups in total. The van der Waals surface area contributed by atoms with Crippen molar-refractivity contribution in [3.05, 3.63) is 29.3 Å². The van der Waals surface area contributed by atoms with Crippen LogP contribution in [0.4, 0.5) is 0 Å². The van der Waals surface area contributed by atoms with Gasteiger partial charge in [0.2, 0.25) is 0 Å². The first-order chi connectivity index (χ1) is 7.33. The van der Waals surface area contributed by atoms with Gasteiger partial charge >= 0.3 is 0 Å². The Morgan fingerprint density at radius 1 is 1.20 bits per heavy atom. The van der Waals surface area contributed by atoms with Crippen molar-refractivity contribution in [1.82, 2.24) is 5.32 Å². The Morgan fingerprint density at radius 3 is 2.60 bits per heavy atom. The van der Waals surface area contributed by atoms with Gasteiger partial charge in [-0.2, -0.15) is 0 Å². The van der Waals surface area contributed by atoms with E-state index in [1.54, 1.807) is 0 Å². The Bertz CT molecular complexity index is 261. The summed E-state index contributed by atoms with van der Waals surface area (Å²) in [5.74, 6) is 1.19. The maximum atomic E-state index is 5.81. The summed E-state index contributed by atoms with van der Waals surface area (Å²) in [5.41, 5.74) is 0. The molecule has 3 heteroatoms. The van der Waals surface area contributed by atoms with Gasteiger partial charge < -0.3 is 5.32 Å². The molecule has 0 atom stereocenters. The molecule has 0 saturated carbocycles. The van der Waals surface area contributed by atoms with Gasteiger partial charge in [0.15, 0.2) is 0 Å². The normalized spacial score (nSPS) is 10.5. The average molecular weight is 244 g/mol. The third kappa shape index (κ3) is 6.08. The van der Waals surface area contributed by atoms with Crippen LogP contribution in [-0.2, 0) is 0 Å². The lowest BCUT2D eigenvalue weighted by molar-refractivity contribution is 0.666. The molecule has 0 aliphatic heterocycles. The summed E-state index contributed by atoms with van der Waals surface area (Å²) >= 11 is 7.71. The van der Waals surface area contributed by atoms with Crippen LogP contribution >= 0.6 is 23.4 Å². The van der Waals surface area contributed by atoms with Crippen LogP contribution in [0.25, 0.3) is 0 Å². The van der Waals surface area contributed by atoms with E-state index in [-0.39, 0.29) is 0 Å². The molecular weight excluding hydrogens is 226 g/mol. The van der Waals surface area contributed by atoms with E-state index in [2.05, 4.69) is 24.4 Å². The van der Waals surface area contributed by atoms with Gasteiger partial charge in [0.05, 0.1) is 0 Å². The fraction of sp³-hybridized carbons (Fsp3) is 0.500. The van der Waals surface area contributed by atoms with Crippen LogP contribution in [0.15, 0.2) is 29.2 Å². The molecule has 0 bridgehead atoms. The van der Waals surface area contributed by atoms with Gasteiger partial charge in [-0.3, -0.25) is 0 Å². The number of unbranched alkanes of at least 4 members (excludes halogenated alkanes) is 1. The summed E-state index contributed by atoms with van der Waals surface area (Å²) in [6.07, 6.45) is 2.52. The molecule has 1 aromatic rings. The monoisotopic (exact) mass is 243 g/mol. The highest BCUT2D eigenvalue weighted by molar-refractivity contribution is 7.99. The van der Waals surface area contributed by atoms with Gasteiger partial charge in [-0.15, -0.1) is 11.8 Å². The van der Waals surface area contributed by atoms with Crippen LogP contribution in [0.1, 0.15) is 19.8 Å². The number of hydrogen-bond acceptors (Lipinski definition) is 2. The van der Waals surface area contributed by atoms with Crippen LogP contribution in [-0.4, -0.2) is 18.8 Å². The van der Waals surface area contributed by atoms with Gasteiger partial charge in [0.1, 0.15) is 0 Å². The molecule has 0 fully saturated rings. The summed E-state index contributed by atoms with van der Waals surface area (Å²) in [4.78, 5) is 1.31. The molecule has 0 aliphatic rings. The third-order valence-corrected chi connectivity index (χ3v) is 3.43. The molecular formula is C12H18ClNS. The lowest BCUT2D eigenvalue weighted by Gasteiger charge is -2.02. The van der Waals surface area contributed by atoms with E-state index in [1.807, 2.05) is 23.9 Å². The highest BCUT2D eigenvalue weighted by atomic mass is 35.5. The van der Waals surface area contributed by atoms with Gasteiger partial charge in [-0.05, 0) is 55.9 Å². The second kappa shape index (κ2) is 8.03. The number of halogens is 1. The summed E-state index contributed by atoms with van der Waals surface area (Å²) in [6, 6.07) is 8.06. The van der Waals surface area contributed by atoms with Crippen LogP contribution in [0.3, 0.4) is 0 Å². The number of hydrogen-bond donors (Lipinski definition) is 1. The van der Waals surface area contributed by atoms with E-state index in [9.17, 15) is 0 Å². The quantitative estimate of drug-likeness (QED) is 0.577. The molecule has 1 nitrogen and oxygen atoms in total. The lowest BCUT2D eigenvalue weighted by atomic mass is 10.3. The Hall–Kier alpha value is -0.180. The fourth-order valence-electron chi connectivity index (χ4n) is 1.25. The first kappa shape index (κ1) is 12.9. The van der Waals surface area contributed by atoms with Crippen LogP contribution in [0.5, 0.6) is 0 Å². The molecule has 15 heavy (non-hydrogen) atoms. The van der Waals surface area contributed by atoms with Crippen molar-refractivity contribution in [3.8, 4) is 0 Å². The summed E-state index contributed by atoms with van der Waals surface area (Å²) in [5, 5.41) is 4.14. The molecule has 0 heterocycles. The zero-order valence-corrected chi connectivity index (χ0v) is 10.7. The lowest BCUT2D eigenvalue weighted by Crippen LogP contribution is -2.13. The molecule has 84 valence electrons. The highest BCUT2D eigenvalue weighted by Crippen LogP contribution is 2.21. The summed E-state index contributed by atoms with van der Waals surface area (Å²) < 4.78 is 0. The second-order valence-corrected chi connectivity index (χ2v) is 4.97. The van der Waals surface area contributed by atoms with E-state index < -0.39 is 0 Å². The molecule has 0 aliphatic carbocycles.